The van der Waals surface area contributed by atoms with Gasteiger partial charge in [-0.15, -0.1) is 0 Å². The van der Waals surface area contributed by atoms with Crippen LogP contribution in [0.3, 0.4) is 0 Å². The van der Waals surface area contributed by atoms with E-state index in [-0.39, 0.29) is 0 Å². The van der Waals surface area contributed by atoms with Gasteiger partial charge in [0.15, 0.2) is 0 Å². The predicted molar refractivity (Wildman–Crippen MR) is 42.6 cm³/mol. The third-order valence-corrected chi connectivity index (χ3v) is 2.48. The standard InChI is InChI=1S/C9H17O/c1-9(2,10)8-6-4-3-5-7-8/h8,10H,1,3-7H2,2H3/t9-/m1/s1. The van der Waals surface area contributed by atoms with Gasteiger partial charge in [0.2, 0.25) is 0 Å². The van der Waals surface area contributed by atoms with Crippen molar-refractivity contribution in [3.05, 3.63) is 6.92 Å². The van der Waals surface area contributed by atoms with Crippen molar-refractivity contribution < 1.29 is 5.11 Å². The molecule has 0 amide bonds. The largest absolute Gasteiger partial charge is 0.390 e. The fourth-order valence-corrected chi connectivity index (χ4v) is 1.72. The van der Waals surface area contributed by atoms with Crippen LogP contribution in [0.5, 0.6) is 0 Å². The lowest BCUT2D eigenvalue weighted by molar-refractivity contribution is 0.0251. The highest BCUT2D eigenvalue weighted by Crippen LogP contribution is 2.31. The Kier molecular flexibility index (Phi) is 2.35. The van der Waals surface area contributed by atoms with Gasteiger partial charge >= 0.3 is 0 Å². The van der Waals surface area contributed by atoms with E-state index >= 15 is 0 Å². The fourth-order valence-electron chi connectivity index (χ4n) is 1.72. The second kappa shape index (κ2) is 2.91. The van der Waals surface area contributed by atoms with Crippen LogP contribution < -0.4 is 0 Å². The maximum absolute atomic E-state index is 9.53. The third kappa shape index (κ3) is 1.98. The SMILES string of the molecule is [CH2][C@](C)(O)C1CCCCC1. The quantitative estimate of drug-likeness (QED) is 0.593. The molecule has 1 saturated carbocycles. The molecule has 0 heterocycles. The van der Waals surface area contributed by atoms with Crippen molar-refractivity contribution in [2.45, 2.75) is 44.6 Å². The Morgan fingerprint density at radius 1 is 1.30 bits per heavy atom. The number of hydrogen-bond donors (Lipinski definition) is 1. The molecule has 0 aromatic heterocycles. The number of aliphatic hydroxyl groups is 1. The van der Waals surface area contributed by atoms with Crippen LogP contribution in [-0.4, -0.2) is 10.7 Å². The molecule has 0 aliphatic heterocycles. The minimum Gasteiger partial charge on any atom is -0.390 e. The van der Waals surface area contributed by atoms with Crippen molar-refractivity contribution in [1.29, 1.82) is 0 Å². The van der Waals surface area contributed by atoms with Gasteiger partial charge in [-0.3, -0.25) is 0 Å². The van der Waals surface area contributed by atoms with E-state index in [0.717, 1.165) is 12.8 Å². The lowest BCUT2D eigenvalue weighted by Crippen LogP contribution is -2.32. The monoisotopic (exact) mass is 141 g/mol. The molecule has 1 heteroatoms. The second-order valence-corrected chi connectivity index (χ2v) is 3.69. The smallest absolute Gasteiger partial charge is 0.0648 e. The van der Waals surface area contributed by atoms with Crippen molar-refractivity contribution >= 4 is 0 Å². The molecule has 1 radical (unpaired) electrons. The molecule has 0 bridgehead atoms. The van der Waals surface area contributed by atoms with Gasteiger partial charge in [-0.1, -0.05) is 19.3 Å². The molecule has 1 aliphatic rings. The molecule has 1 aliphatic carbocycles. The van der Waals surface area contributed by atoms with E-state index in [1.165, 1.54) is 19.3 Å². The molecule has 0 spiro atoms. The topological polar surface area (TPSA) is 20.2 Å². The van der Waals surface area contributed by atoms with Gasteiger partial charge < -0.3 is 5.11 Å². The van der Waals surface area contributed by atoms with Gasteiger partial charge in [0.05, 0.1) is 5.60 Å². The average Bonchev–Trinajstić information content (AvgIpc) is 1.88. The minimum absolute atomic E-state index is 0.446. The maximum atomic E-state index is 9.53. The summed E-state index contributed by atoms with van der Waals surface area (Å²) < 4.78 is 0. The zero-order valence-corrected chi connectivity index (χ0v) is 6.77. The molecule has 1 fully saturated rings. The second-order valence-electron chi connectivity index (χ2n) is 3.69. The van der Waals surface area contributed by atoms with E-state index in [1.807, 2.05) is 6.92 Å². The van der Waals surface area contributed by atoms with Crippen molar-refractivity contribution in [3.8, 4) is 0 Å². The summed E-state index contributed by atoms with van der Waals surface area (Å²) in [5, 5.41) is 9.53. The summed E-state index contributed by atoms with van der Waals surface area (Å²) in [6, 6.07) is 0. The summed E-state index contributed by atoms with van der Waals surface area (Å²) in [5.74, 6) is 0.446. The Labute approximate surface area is 63.4 Å². The summed E-state index contributed by atoms with van der Waals surface area (Å²) >= 11 is 0. The minimum atomic E-state index is -0.680. The molecule has 0 unspecified atom stereocenters. The summed E-state index contributed by atoms with van der Waals surface area (Å²) in [4.78, 5) is 0. The van der Waals surface area contributed by atoms with Crippen LogP contribution >= 0.6 is 0 Å². The Morgan fingerprint density at radius 3 is 2.10 bits per heavy atom. The molecule has 59 valence electrons. The van der Waals surface area contributed by atoms with E-state index < -0.39 is 5.60 Å². The van der Waals surface area contributed by atoms with Gasteiger partial charge in [-0.25, -0.2) is 0 Å². The third-order valence-electron chi connectivity index (χ3n) is 2.48. The van der Waals surface area contributed by atoms with E-state index in [0.29, 0.717) is 5.92 Å². The first-order chi connectivity index (χ1) is 4.61. The molecule has 0 aromatic rings. The van der Waals surface area contributed by atoms with Crippen molar-refractivity contribution in [3.63, 3.8) is 0 Å². The van der Waals surface area contributed by atoms with Gasteiger partial charge in [-0.2, -0.15) is 0 Å². The van der Waals surface area contributed by atoms with Crippen LogP contribution in [0.15, 0.2) is 0 Å². The molecule has 1 N–H and O–H groups in total. The van der Waals surface area contributed by atoms with Gasteiger partial charge in [-0.05, 0) is 32.6 Å². The summed E-state index contributed by atoms with van der Waals surface area (Å²) in [6.07, 6.45) is 6.21. The number of rotatable bonds is 1. The average molecular weight is 141 g/mol. The van der Waals surface area contributed by atoms with E-state index in [2.05, 4.69) is 6.92 Å². The zero-order chi connectivity index (χ0) is 7.61. The van der Waals surface area contributed by atoms with Crippen molar-refractivity contribution in [2.75, 3.05) is 0 Å². The first-order valence-corrected chi connectivity index (χ1v) is 4.18. The van der Waals surface area contributed by atoms with E-state index in [9.17, 15) is 5.11 Å². The molecular formula is C9H17O. The Hall–Kier alpha value is -0.0400. The van der Waals surface area contributed by atoms with Crippen LogP contribution in [0.1, 0.15) is 39.0 Å². The Balaban J connectivity index is 2.39. The highest BCUT2D eigenvalue weighted by atomic mass is 16.3. The molecular weight excluding hydrogens is 124 g/mol. The van der Waals surface area contributed by atoms with E-state index in [1.54, 1.807) is 0 Å². The Morgan fingerprint density at radius 2 is 1.80 bits per heavy atom. The Bertz CT molecular complexity index is 95.8. The summed E-state index contributed by atoms with van der Waals surface area (Å²) in [5.41, 5.74) is -0.680. The number of hydrogen-bond acceptors (Lipinski definition) is 1. The van der Waals surface area contributed by atoms with Gasteiger partial charge in [0, 0.05) is 0 Å². The van der Waals surface area contributed by atoms with Crippen molar-refractivity contribution in [2.24, 2.45) is 5.92 Å². The van der Waals surface area contributed by atoms with Crippen LogP contribution in [0, 0.1) is 12.8 Å². The zero-order valence-electron chi connectivity index (χ0n) is 6.77. The highest BCUT2D eigenvalue weighted by molar-refractivity contribution is 4.85. The predicted octanol–water partition coefficient (Wildman–Crippen LogP) is 2.15. The summed E-state index contributed by atoms with van der Waals surface area (Å²) in [7, 11) is 0. The highest BCUT2D eigenvalue weighted by Gasteiger charge is 2.27. The molecule has 1 atom stereocenters. The lowest BCUT2D eigenvalue weighted by Gasteiger charge is -2.32. The van der Waals surface area contributed by atoms with Crippen molar-refractivity contribution in [1.82, 2.24) is 0 Å². The molecule has 10 heavy (non-hydrogen) atoms. The molecule has 1 nitrogen and oxygen atoms in total. The van der Waals surface area contributed by atoms with Gasteiger partial charge in [0.1, 0.15) is 0 Å². The van der Waals surface area contributed by atoms with Crippen LogP contribution in [0.25, 0.3) is 0 Å². The summed E-state index contributed by atoms with van der Waals surface area (Å²) in [6.45, 7) is 5.57. The lowest BCUT2D eigenvalue weighted by atomic mass is 9.79. The van der Waals surface area contributed by atoms with Crippen LogP contribution in [-0.2, 0) is 0 Å². The molecule has 0 aromatic carbocycles. The van der Waals surface area contributed by atoms with Crippen LogP contribution in [0.2, 0.25) is 0 Å². The molecule has 0 saturated heterocycles. The van der Waals surface area contributed by atoms with E-state index in [4.69, 9.17) is 0 Å². The normalized spacial score (nSPS) is 23.1. The maximum Gasteiger partial charge on any atom is 0.0648 e. The first-order valence-electron chi connectivity index (χ1n) is 4.18. The fraction of sp³-hybridized carbons (Fsp3) is 0.889. The first kappa shape index (κ1) is 8.06. The van der Waals surface area contributed by atoms with Gasteiger partial charge in [0.25, 0.3) is 0 Å². The van der Waals surface area contributed by atoms with Crippen LogP contribution in [0.4, 0.5) is 0 Å². The molecule has 1 rings (SSSR count).